The Bertz CT molecular complexity index is 355. The van der Waals surface area contributed by atoms with Crippen molar-refractivity contribution in [1.82, 2.24) is 4.90 Å². The van der Waals surface area contributed by atoms with E-state index in [2.05, 4.69) is 24.0 Å². The van der Waals surface area contributed by atoms with E-state index in [1.165, 1.54) is 5.56 Å². The first kappa shape index (κ1) is 13.5. The average Bonchev–Trinajstić information content (AvgIpc) is 2.41. The summed E-state index contributed by atoms with van der Waals surface area (Å²) in [5.74, 6) is 0.732. The summed E-state index contributed by atoms with van der Waals surface area (Å²) in [6.45, 7) is 3.99. The van der Waals surface area contributed by atoms with Crippen LogP contribution in [-0.2, 0) is 6.54 Å². The fourth-order valence-electron chi connectivity index (χ4n) is 2.69. The third-order valence-electron chi connectivity index (χ3n) is 4.04. The minimum atomic E-state index is -0.377. The summed E-state index contributed by atoms with van der Waals surface area (Å²) in [7, 11) is 0. The first-order valence-corrected chi connectivity index (χ1v) is 6.77. The molecule has 1 aliphatic heterocycles. The second-order valence-electron chi connectivity index (χ2n) is 5.38. The molecule has 1 fully saturated rings. The number of aliphatic hydroxyl groups excluding tert-OH is 2. The Morgan fingerprint density at radius 2 is 2.06 bits per heavy atom. The average molecular weight is 249 g/mol. The Labute approximate surface area is 109 Å². The van der Waals surface area contributed by atoms with E-state index in [9.17, 15) is 10.2 Å². The molecule has 0 saturated carbocycles. The zero-order valence-corrected chi connectivity index (χ0v) is 11.0. The van der Waals surface area contributed by atoms with Crippen molar-refractivity contribution in [1.29, 1.82) is 0 Å². The highest BCUT2D eigenvalue weighted by Gasteiger charge is 2.29. The Hall–Kier alpha value is -0.900. The molecule has 1 heterocycles. The summed E-state index contributed by atoms with van der Waals surface area (Å²) in [6.07, 6.45) is 1.46. The molecule has 18 heavy (non-hydrogen) atoms. The van der Waals surface area contributed by atoms with Crippen LogP contribution in [0.1, 0.15) is 25.3 Å². The van der Waals surface area contributed by atoms with Gasteiger partial charge in [-0.3, -0.25) is 4.90 Å². The van der Waals surface area contributed by atoms with Crippen LogP contribution in [0.2, 0.25) is 0 Å². The van der Waals surface area contributed by atoms with Crippen molar-refractivity contribution < 1.29 is 10.2 Å². The topological polar surface area (TPSA) is 43.7 Å². The number of benzene rings is 1. The van der Waals surface area contributed by atoms with Crippen LogP contribution in [0, 0.1) is 11.8 Å². The van der Waals surface area contributed by atoms with Crippen molar-refractivity contribution in [2.45, 2.75) is 32.5 Å². The lowest BCUT2D eigenvalue weighted by atomic mass is 9.85. The van der Waals surface area contributed by atoms with E-state index in [1.54, 1.807) is 0 Å². The van der Waals surface area contributed by atoms with Crippen LogP contribution in [0.5, 0.6) is 0 Å². The monoisotopic (exact) mass is 249 g/mol. The zero-order chi connectivity index (χ0) is 13.0. The Morgan fingerprint density at radius 1 is 1.33 bits per heavy atom. The van der Waals surface area contributed by atoms with Crippen LogP contribution in [0.3, 0.4) is 0 Å². The maximum Gasteiger partial charge on any atom is 0.107 e. The van der Waals surface area contributed by atoms with Crippen molar-refractivity contribution >= 4 is 0 Å². The molecule has 3 nitrogen and oxygen atoms in total. The third-order valence-corrected chi connectivity index (χ3v) is 4.04. The van der Waals surface area contributed by atoms with Gasteiger partial charge in [0, 0.05) is 19.7 Å². The number of aliphatic hydroxyl groups is 2. The SMILES string of the molecule is CC(CO)C1CCN(Cc2ccccc2)C(O)C1. The van der Waals surface area contributed by atoms with Crippen molar-refractivity contribution in [2.75, 3.05) is 13.2 Å². The van der Waals surface area contributed by atoms with E-state index >= 15 is 0 Å². The lowest BCUT2D eigenvalue weighted by Crippen LogP contribution is -2.43. The van der Waals surface area contributed by atoms with E-state index < -0.39 is 0 Å². The van der Waals surface area contributed by atoms with Crippen LogP contribution in [0.25, 0.3) is 0 Å². The lowest BCUT2D eigenvalue weighted by Gasteiger charge is -2.38. The molecule has 1 aliphatic rings. The Morgan fingerprint density at radius 3 is 2.67 bits per heavy atom. The van der Waals surface area contributed by atoms with Gasteiger partial charge in [0.25, 0.3) is 0 Å². The molecule has 100 valence electrons. The van der Waals surface area contributed by atoms with Crippen LogP contribution >= 0.6 is 0 Å². The molecule has 2 N–H and O–H groups in total. The van der Waals surface area contributed by atoms with Gasteiger partial charge in [0.2, 0.25) is 0 Å². The van der Waals surface area contributed by atoms with Gasteiger partial charge in [-0.25, -0.2) is 0 Å². The molecular formula is C15H23NO2. The van der Waals surface area contributed by atoms with E-state index in [0.29, 0.717) is 11.8 Å². The summed E-state index contributed by atoms with van der Waals surface area (Å²) >= 11 is 0. The third kappa shape index (κ3) is 3.31. The van der Waals surface area contributed by atoms with Gasteiger partial charge in [-0.1, -0.05) is 37.3 Å². The number of piperidine rings is 1. The van der Waals surface area contributed by atoms with Crippen LogP contribution in [0.15, 0.2) is 30.3 Å². The normalized spacial score (nSPS) is 27.1. The molecule has 0 radical (unpaired) electrons. The Balaban J connectivity index is 1.90. The van der Waals surface area contributed by atoms with Gasteiger partial charge in [-0.2, -0.15) is 0 Å². The molecule has 0 amide bonds. The summed E-state index contributed by atoms with van der Waals surface area (Å²) in [5, 5.41) is 19.4. The standard InChI is InChI=1S/C15H23NO2/c1-12(11-17)14-7-8-16(15(18)9-14)10-13-5-3-2-4-6-13/h2-6,12,14-15,17-18H,7-11H2,1H3. The molecule has 0 aliphatic carbocycles. The minimum Gasteiger partial charge on any atom is -0.396 e. The van der Waals surface area contributed by atoms with Crippen molar-refractivity contribution in [3.8, 4) is 0 Å². The highest BCUT2D eigenvalue weighted by molar-refractivity contribution is 5.14. The minimum absolute atomic E-state index is 0.218. The molecule has 0 spiro atoms. The molecule has 3 atom stereocenters. The maximum atomic E-state index is 10.2. The molecular weight excluding hydrogens is 226 g/mol. The fourth-order valence-corrected chi connectivity index (χ4v) is 2.69. The number of hydrogen-bond donors (Lipinski definition) is 2. The highest BCUT2D eigenvalue weighted by Crippen LogP contribution is 2.28. The molecule has 3 heteroatoms. The predicted octanol–water partition coefficient (Wildman–Crippen LogP) is 1.85. The van der Waals surface area contributed by atoms with E-state index in [-0.39, 0.29) is 12.8 Å². The van der Waals surface area contributed by atoms with E-state index in [0.717, 1.165) is 25.9 Å². The van der Waals surface area contributed by atoms with Gasteiger partial charge in [0.15, 0.2) is 0 Å². The van der Waals surface area contributed by atoms with Crippen LogP contribution in [-0.4, -0.2) is 34.5 Å². The van der Waals surface area contributed by atoms with Gasteiger partial charge in [-0.15, -0.1) is 0 Å². The first-order chi connectivity index (χ1) is 8.70. The first-order valence-electron chi connectivity index (χ1n) is 6.77. The molecule has 0 aromatic heterocycles. The van der Waals surface area contributed by atoms with Crippen molar-refractivity contribution in [2.24, 2.45) is 11.8 Å². The van der Waals surface area contributed by atoms with Gasteiger partial charge in [0.05, 0.1) is 0 Å². The van der Waals surface area contributed by atoms with Crippen LogP contribution in [0.4, 0.5) is 0 Å². The number of rotatable bonds is 4. The smallest absolute Gasteiger partial charge is 0.107 e. The summed E-state index contributed by atoms with van der Waals surface area (Å²) < 4.78 is 0. The number of hydrogen-bond acceptors (Lipinski definition) is 3. The van der Waals surface area contributed by atoms with Gasteiger partial charge in [-0.05, 0) is 30.2 Å². The molecule has 3 unspecified atom stereocenters. The Kier molecular flexibility index (Phi) is 4.75. The van der Waals surface area contributed by atoms with E-state index in [1.807, 2.05) is 18.2 Å². The summed E-state index contributed by atoms with van der Waals surface area (Å²) in [5.41, 5.74) is 1.24. The predicted molar refractivity (Wildman–Crippen MR) is 71.8 cm³/mol. The number of nitrogens with zero attached hydrogens (tertiary/aromatic N) is 1. The molecule has 1 aromatic rings. The second-order valence-corrected chi connectivity index (χ2v) is 5.38. The lowest BCUT2D eigenvalue weighted by molar-refractivity contribution is -0.0594. The molecule has 2 rings (SSSR count). The second kappa shape index (κ2) is 6.32. The molecule has 1 saturated heterocycles. The zero-order valence-electron chi connectivity index (χ0n) is 11.0. The van der Waals surface area contributed by atoms with Gasteiger partial charge in [0.1, 0.15) is 6.23 Å². The molecule has 1 aromatic carbocycles. The summed E-state index contributed by atoms with van der Waals surface area (Å²) in [4.78, 5) is 2.12. The fraction of sp³-hybridized carbons (Fsp3) is 0.600. The van der Waals surface area contributed by atoms with Gasteiger partial charge < -0.3 is 10.2 Å². The molecule has 0 bridgehead atoms. The largest absolute Gasteiger partial charge is 0.396 e. The van der Waals surface area contributed by atoms with Gasteiger partial charge >= 0.3 is 0 Å². The van der Waals surface area contributed by atoms with Crippen molar-refractivity contribution in [3.05, 3.63) is 35.9 Å². The maximum absolute atomic E-state index is 10.2. The van der Waals surface area contributed by atoms with Crippen LogP contribution < -0.4 is 0 Å². The van der Waals surface area contributed by atoms with Crippen molar-refractivity contribution in [3.63, 3.8) is 0 Å². The van der Waals surface area contributed by atoms with E-state index in [4.69, 9.17) is 0 Å². The quantitative estimate of drug-likeness (QED) is 0.856. The number of likely N-dealkylation sites (tertiary alicyclic amines) is 1. The highest BCUT2D eigenvalue weighted by atomic mass is 16.3. The summed E-state index contributed by atoms with van der Waals surface area (Å²) in [6, 6.07) is 10.3.